The first-order valence-electron chi connectivity index (χ1n) is 9.35. The maximum atomic E-state index is 12.9. The molecule has 1 saturated heterocycles. The van der Waals surface area contributed by atoms with Crippen molar-refractivity contribution in [1.29, 1.82) is 0 Å². The number of aromatic amines is 1. The number of H-pyrrole nitrogens is 1. The number of rotatable bonds is 5. The number of amides is 1. The molecule has 1 fully saturated rings. The highest BCUT2D eigenvalue weighted by Crippen LogP contribution is 2.23. The van der Waals surface area contributed by atoms with Crippen LogP contribution in [0.5, 0.6) is 5.75 Å². The van der Waals surface area contributed by atoms with Crippen LogP contribution in [0.3, 0.4) is 0 Å². The molecule has 1 N–H and O–H groups in total. The van der Waals surface area contributed by atoms with E-state index in [2.05, 4.69) is 14.9 Å². The first kappa shape index (κ1) is 18.8. The Kier molecular flexibility index (Phi) is 5.54. The fourth-order valence-electron chi connectivity index (χ4n) is 3.56. The number of nitrogens with one attached hydrogen (secondary N) is 1. The van der Waals surface area contributed by atoms with Crippen molar-refractivity contribution in [1.82, 2.24) is 19.8 Å². The van der Waals surface area contributed by atoms with Crippen molar-refractivity contribution >= 4 is 28.7 Å². The first-order valence-corrected chi connectivity index (χ1v) is 10.6. The highest BCUT2D eigenvalue weighted by Gasteiger charge is 2.24. The number of fused-ring (bicyclic) bond motifs is 1. The van der Waals surface area contributed by atoms with Gasteiger partial charge in [0.2, 0.25) is 0 Å². The molecule has 1 aliphatic heterocycles. The average Bonchev–Trinajstić information content (AvgIpc) is 3.15. The van der Waals surface area contributed by atoms with E-state index in [0.29, 0.717) is 0 Å². The minimum atomic E-state index is 0.125. The number of hydrogen-bond acceptors (Lipinski definition) is 5. The largest absolute Gasteiger partial charge is 0.497 e. The standard InChI is InChI=1S/C21H24N4O2S/c1-27-15-7-8-17-18(13-15)23-20(22-17)14-24-9-11-25(12-10-24)21(26)16-5-3-4-6-19(16)28-2/h3-8,13H,9-12,14H2,1-2H3,(H,22,23). The van der Waals surface area contributed by atoms with Crippen LogP contribution in [-0.2, 0) is 6.54 Å². The Bertz CT molecular complexity index is 979. The second-order valence-corrected chi connectivity index (χ2v) is 7.68. The number of aromatic nitrogens is 2. The van der Waals surface area contributed by atoms with Crippen molar-refractivity contribution in [2.75, 3.05) is 39.5 Å². The molecule has 0 radical (unpaired) electrons. The number of hydrogen-bond donors (Lipinski definition) is 1. The topological polar surface area (TPSA) is 61.5 Å². The summed E-state index contributed by atoms with van der Waals surface area (Å²) < 4.78 is 5.27. The summed E-state index contributed by atoms with van der Waals surface area (Å²) in [6.07, 6.45) is 2.01. The summed E-state index contributed by atoms with van der Waals surface area (Å²) in [6.45, 7) is 3.90. The predicted octanol–water partition coefficient (Wildman–Crippen LogP) is 3.25. The van der Waals surface area contributed by atoms with Gasteiger partial charge in [0.1, 0.15) is 11.6 Å². The SMILES string of the molecule is COc1ccc2nc(CN3CCN(C(=O)c4ccccc4SC)CC3)[nH]c2c1. The van der Waals surface area contributed by atoms with E-state index >= 15 is 0 Å². The molecule has 0 unspecified atom stereocenters. The number of carbonyl (C=O) groups excluding carboxylic acids is 1. The lowest BCUT2D eigenvalue weighted by Crippen LogP contribution is -2.48. The van der Waals surface area contributed by atoms with Gasteiger partial charge in [-0.3, -0.25) is 9.69 Å². The number of carbonyl (C=O) groups is 1. The van der Waals surface area contributed by atoms with Gasteiger partial charge in [0.05, 0.1) is 30.3 Å². The molecule has 7 heteroatoms. The van der Waals surface area contributed by atoms with Gasteiger partial charge in [-0.05, 0) is 30.5 Å². The summed E-state index contributed by atoms with van der Waals surface area (Å²) in [7, 11) is 1.66. The molecule has 1 aromatic heterocycles. The Morgan fingerprint density at radius 3 is 2.71 bits per heavy atom. The molecule has 4 rings (SSSR count). The number of nitrogens with zero attached hydrogens (tertiary/aromatic N) is 3. The van der Waals surface area contributed by atoms with Crippen LogP contribution in [0.25, 0.3) is 11.0 Å². The van der Waals surface area contributed by atoms with Gasteiger partial charge < -0.3 is 14.6 Å². The molecule has 28 heavy (non-hydrogen) atoms. The molecule has 0 spiro atoms. The Labute approximate surface area is 168 Å². The number of ether oxygens (including phenoxy) is 1. The summed E-state index contributed by atoms with van der Waals surface area (Å²) >= 11 is 1.62. The minimum absolute atomic E-state index is 0.125. The lowest BCUT2D eigenvalue weighted by atomic mass is 10.2. The fourth-order valence-corrected chi connectivity index (χ4v) is 4.15. The van der Waals surface area contributed by atoms with E-state index in [9.17, 15) is 4.79 Å². The average molecular weight is 397 g/mol. The van der Waals surface area contributed by atoms with Gasteiger partial charge in [0, 0.05) is 37.1 Å². The Balaban J connectivity index is 1.38. The summed E-state index contributed by atoms with van der Waals surface area (Å²) in [5.74, 6) is 1.89. The van der Waals surface area contributed by atoms with Crippen LogP contribution in [0.1, 0.15) is 16.2 Å². The van der Waals surface area contributed by atoms with Gasteiger partial charge in [0.25, 0.3) is 5.91 Å². The number of thioether (sulfide) groups is 1. The molecule has 2 aromatic carbocycles. The molecule has 2 heterocycles. The molecule has 0 saturated carbocycles. The van der Waals surface area contributed by atoms with E-state index in [0.717, 1.165) is 65.8 Å². The summed E-state index contributed by atoms with van der Waals surface area (Å²) in [6, 6.07) is 13.7. The lowest BCUT2D eigenvalue weighted by Gasteiger charge is -2.34. The molecule has 1 amide bonds. The lowest BCUT2D eigenvalue weighted by molar-refractivity contribution is 0.0622. The van der Waals surface area contributed by atoms with Crippen LogP contribution in [-0.4, -0.2) is 65.2 Å². The molecule has 146 valence electrons. The van der Waals surface area contributed by atoms with Crippen LogP contribution in [0.2, 0.25) is 0 Å². The molecule has 3 aromatic rings. The quantitative estimate of drug-likeness (QED) is 0.671. The zero-order valence-electron chi connectivity index (χ0n) is 16.1. The zero-order valence-corrected chi connectivity index (χ0v) is 17.0. The van der Waals surface area contributed by atoms with E-state index in [1.165, 1.54) is 0 Å². The van der Waals surface area contributed by atoms with Gasteiger partial charge in [0.15, 0.2) is 0 Å². The maximum Gasteiger partial charge on any atom is 0.255 e. The third kappa shape index (κ3) is 3.86. The van der Waals surface area contributed by atoms with Gasteiger partial charge >= 0.3 is 0 Å². The zero-order chi connectivity index (χ0) is 19.5. The van der Waals surface area contributed by atoms with Gasteiger partial charge in [-0.15, -0.1) is 11.8 Å². The Morgan fingerprint density at radius 2 is 1.96 bits per heavy atom. The molecular formula is C21H24N4O2S. The van der Waals surface area contributed by atoms with E-state index in [4.69, 9.17) is 4.74 Å². The number of benzene rings is 2. The molecule has 0 bridgehead atoms. The first-order chi connectivity index (χ1) is 13.7. The maximum absolute atomic E-state index is 12.9. The monoisotopic (exact) mass is 396 g/mol. The second kappa shape index (κ2) is 8.24. The second-order valence-electron chi connectivity index (χ2n) is 6.84. The summed E-state index contributed by atoms with van der Waals surface area (Å²) in [5, 5.41) is 0. The third-order valence-corrected chi connectivity index (χ3v) is 5.90. The number of piperazine rings is 1. The van der Waals surface area contributed by atoms with Crippen molar-refractivity contribution < 1.29 is 9.53 Å². The highest BCUT2D eigenvalue weighted by molar-refractivity contribution is 7.98. The van der Waals surface area contributed by atoms with Crippen LogP contribution < -0.4 is 4.74 Å². The van der Waals surface area contributed by atoms with Gasteiger partial charge in [-0.25, -0.2) is 4.98 Å². The normalized spacial score (nSPS) is 15.1. The molecule has 1 aliphatic rings. The molecular weight excluding hydrogens is 372 g/mol. The Morgan fingerprint density at radius 1 is 1.18 bits per heavy atom. The minimum Gasteiger partial charge on any atom is -0.497 e. The molecule has 6 nitrogen and oxygen atoms in total. The molecule has 0 aliphatic carbocycles. The van der Waals surface area contributed by atoms with Gasteiger partial charge in [-0.2, -0.15) is 0 Å². The third-order valence-electron chi connectivity index (χ3n) is 5.11. The summed E-state index contributed by atoms with van der Waals surface area (Å²) in [4.78, 5) is 26.3. The molecule has 0 atom stereocenters. The van der Waals surface area contributed by atoms with Gasteiger partial charge in [-0.1, -0.05) is 12.1 Å². The predicted molar refractivity (Wildman–Crippen MR) is 112 cm³/mol. The highest BCUT2D eigenvalue weighted by atomic mass is 32.2. The summed E-state index contributed by atoms with van der Waals surface area (Å²) in [5.41, 5.74) is 2.73. The Hall–Kier alpha value is -2.51. The van der Waals surface area contributed by atoms with Crippen molar-refractivity contribution in [2.24, 2.45) is 0 Å². The van der Waals surface area contributed by atoms with Crippen molar-refractivity contribution in [2.45, 2.75) is 11.4 Å². The van der Waals surface area contributed by atoms with Crippen molar-refractivity contribution in [3.63, 3.8) is 0 Å². The van der Waals surface area contributed by atoms with Crippen LogP contribution in [0.15, 0.2) is 47.4 Å². The van der Waals surface area contributed by atoms with E-state index in [1.807, 2.05) is 53.6 Å². The number of imidazole rings is 1. The van der Waals surface area contributed by atoms with Crippen molar-refractivity contribution in [3.8, 4) is 5.75 Å². The smallest absolute Gasteiger partial charge is 0.255 e. The van der Waals surface area contributed by atoms with E-state index in [-0.39, 0.29) is 5.91 Å². The van der Waals surface area contributed by atoms with Crippen LogP contribution >= 0.6 is 11.8 Å². The van der Waals surface area contributed by atoms with E-state index in [1.54, 1.807) is 18.9 Å². The van der Waals surface area contributed by atoms with Crippen LogP contribution in [0.4, 0.5) is 0 Å². The fraction of sp³-hybridized carbons (Fsp3) is 0.333. The van der Waals surface area contributed by atoms with Crippen molar-refractivity contribution in [3.05, 3.63) is 53.9 Å². The number of methoxy groups -OCH3 is 1. The van der Waals surface area contributed by atoms with E-state index < -0.39 is 0 Å². The van der Waals surface area contributed by atoms with Crippen LogP contribution in [0, 0.1) is 0 Å².